The van der Waals surface area contributed by atoms with Crippen molar-refractivity contribution in [1.82, 2.24) is 9.80 Å². The number of carboxylic acid groups (broad SMARTS) is 1. The third-order valence-electron chi connectivity index (χ3n) is 4.56. The maximum Gasteiger partial charge on any atom is 0.305 e. The lowest BCUT2D eigenvalue weighted by Crippen LogP contribution is -2.35. The maximum absolute atomic E-state index is 12.8. The molecule has 3 rings (SSSR count). The number of carbonyl (C=O) groups excluding carboxylic acids is 1. The standard InChI is InChI=1S/C20H23N3O5S/c1-2-10-22-15(19(27)23(12-13-24)20(22)29)7-8-17-21(11-9-18(25)26)14-5-3-4-6-16(14)28-17/h3-8,24H,2,9-13H2,1H3,(H,25,26)/b15-7-,17-8+. The molecule has 1 saturated heterocycles. The summed E-state index contributed by atoms with van der Waals surface area (Å²) in [7, 11) is 0. The molecular formula is C20H23N3O5S. The molecule has 0 saturated carbocycles. The van der Waals surface area contributed by atoms with Gasteiger partial charge >= 0.3 is 5.97 Å². The molecule has 29 heavy (non-hydrogen) atoms. The number of rotatable bonds is 8. The number of anilines is 1. The van der Waals surface area contributed by atoms with Crippen molar-refractivity contribution in [2.75, 3.05) is 31.1 Å². The normalized spacial score (nSPS) is 18.8. The SMILES string of the molecule is CCCN1C(=S)N(CCO)C(=O)/C1=C/C=C1/Oc2ccccc2N1CCC(=O)O. The Hall–Kier alpha value is -2.91. The van der Waals surface area contributed by atoms with E-state index in [1.165, 1.54) is 4.90 Å². The van der Waals surface area contributed by atoms with Gasteiger partial charge in [-0.2, -0.15) is 0 Å². The summed E-state index contributed by atoms with van der Waals surface area (Å²) < 4.78 is 5.88. The Bertz CT molecular complexity index is 883. The molecule has 0 atom stereocenters. The van der Waals surface area contributed by atoms with Gasteiger partial charge in [0.1, 0.15) is 5.70 Å². The first-order valence-corrected chi connectivity index (χ1v) is 9.81. The highest BCUT2D eigenvalue weighted by Gasteiger charge is 2.37. The van der Waals surface area contributed by atoms with Crippen molar-refractivity contribution in [3.05, 3.63) is 48.0 Å². The molecule has 1 aromatic rings. The average molecular weight is 417 g/mol. The van der Waals surface area contributed by atoms with Crippen LogP contribution in [0.4, 0.5) is 5.69 Å². The summed E-state index contributed by atoms with van der Waals surface area (Å²) in [4.78, 5) is 28.7. The van der Waals surface area contributed by atoms with Gasteiger partial charge in [-0.25, -0.2) is 0 Å². The summed E-state index contributed by atoms with van der Waals surface area (Å²) in [5, 5.41) is 18.7. The van der Waals surface area contributed by atoms with Crippen LogP contribution in [0.15, 0.2) is 48.0 Å². The molecule has 9 heteroatoms. The number of β-amino-alcohol motifs (C(OH)–C–C–N with tert-alkyl or cyclic N) is 1. The molecule has 1 aromatic carbocycles. The number of carbonyl (C=O) groups is 2. The first kappa shape index (κ1) is 20.8. The predicted octanol–water partition coefficient (Wildman–Crippen LogP) is 1.92. The summed E-state index contributed by atoms with van der Waals surface area (Å²) >= 11 is 5.40. The number of allylic oxidation sites excluding steroid dienone is 2. The highest BCUT2D eigenvalue weighted by atomic mass is 32.1. The van der Waals surface area contributed by atoms with Crippen LogP contribution in [0.3, 0.4) is 0 Å². The van der Waals surface area contributed by atoms with Crippen LogP contribution < -0.4 is 9.64 Å². The van der Waals surface area contributed by atoms with E-state index in [4.69, 9.17) is 22.1 Å². The molecule has 0 spiro atoms. The van der Waals surface area contributed by atoms with Crippen molar-refractivity contribution in [3.8, 4) is 5.75 Å². The molecule has 0 radical (unpaired) electrons. The molecule has 1 amide bonds. The average Bonchev–Trinajstić information content (AvgIpc) is 3.16. The molecule has 2 N–H and O–H groups in total. The van der Waals surface area contributed by atoms with Crippen LogP contribution in [0.5, 0.6) is 5.75 Å². The largest absolute Gasteiger partial charge is 0.481 e. The smallest absolute Gasteiger partial charge is 0.305 e. The van der Waals surface area contributed by atoms with Crippen molar-refractivity contribution in [2.45, 2.75) is 19.8 Å². The monoisotopic (exact) mass is 417 g/mol. The lowest BCUT2D eigenvalue weighted by atomic mass is 10.2. The number of carboxylic acids is 1. The van der Waals surface area contributed by atoms with Crippen LogP contribution >= 0.6 is 12.2 Å². The summed E-state index contributed by atoms with van der Waals surface area (Å²) in [6, 6.07) is 7.35. The van der Waals surface area contributed by atoms with Gasteiger partial charge in [-0.15, -0.1) is 0 Å². The fraction of sp³-hybridized carbons (Fsp3) is 0.350. The van der Waals surface area contributed by atoms with Gasteiger partial charge in [0.05, 0.1) is 25.3 Å². The van der Waals surface area contributed by atoms with Crippen molar-refractivity contribution < 1.29 is 24.5 Å². The highest BCUT2D eigenvalue weighted by Crippen LogP contribution is 2.38. The van der Waals surface area contributed by atoms with E-state index < -0.39 is 5.97 Å². The predicted molar refractivity (Wildman–Crippen MR) is 111 cm³/mol. The second kappa shape index (κ2) is 9.06. The Morgan fingerprint density at radius 3 is 2.59 bits per heavy atom. The Labute approximate surface area is 174 Å². The van der Waals surface area contributed by atoms with Gasteiger partial charge in [0, 0.05) is 19.2 Å². The van der Waals surface area contributed by atoms with Crippen LogP contribution in [0.1, 0.15) is 19.8 Å². The molecule has 2 aliphatic heterocycles. The van der Waals surface area contributed by atoms with Gasteiger partial charge in [-0.1, -0.05) is 19.1 Å². The molecule has 0 bridgehead atoms. The zero-order chi connectivity index (χ0) is 21.0. The Morgan fingerprint density at radius 1 is 1.14 bits per heavy atom. The van der Waals surface area contributed by atoms with E-state index >= 15 is 0 Å². The van der Waals surface area contributed by atoms with E-state index in [9.17, 15) is 14.7 Å². The Morgan fingerprint density at radius 2 is 1.90 bits per heavy atom. The number of ether oxygens (including phenoxy) is 1. The number of hydrogen-bond donors (Lipinski definition) is 2. The third kappa shape index (κ3) is 4.25. The summed E-state index contributed by atoms with van der Waals surface area (Å²) in [5.41, 5.74) is 1.18. The van der Waals surface area contributed by atoms with E-state index in [0.29, 0.717) is 29.0 Å². The number of amides is 1. The fourth-order valence-corrected chi connectivity index (χ4v) is 3.62. The minimum Gasteiger partial charge on any atom is -0.481 e. The number of aliphatic hydroxyl groups is 1. The van der Waals surface area contributed by atoms with Crippen LogP contribution in [-0.2, 0) is 9.59 Å². The minimum absolute atomic E-state index is 0.0547. The maximum atomic E-state index is 12.8. The van der Waals surface area contributed by atoms with Crippen molar-refractivity contribution in [3.63, 3.8) is 0 Å². The number of thiocarbonyl (C=S) groups is 1. The number of benzene rings is 1. The topological polar surface area (TPSA) is 93.6 Å². The molecule has 0 aliphatic carbocycles. The van der Waals surface area contributed by atoms with Crippen LogP contribution in [0, 0.1) is 0 Å². The van der Waals surface area contributed by atoms with Crippen LogP contribution in [-0.4, -0.2) is 63.2 Å². The molecule has 0 aromatic heterocycles. The van der Waals surface area contributed by atoms with Crippen LogP contribution in [0.2, 0.25) is 0 Å². The van der Waals surface area contributed by atoms with Crippen molar-refractivity contribution >= 4 is 34.9 Å². The summed E-state index contributed by atoms with van der Waals surface area (Å²) in [6.07, 6.45) is 4.03. The highest BCUT2D eigenvalue weighted by molar-refractivity contribution is 7.80. The lowest BCUT2D eigenvalue weighted by Gasteiger charge is -2.19. The second-order valence-corrected chi connectivity index (χ2v) is 6.90. The molecule has 0 unspecified atom stereocenters. The summed E-state index contributed by atoms with van der Waals surface area (Å²) in [6.45, 7) is 2.76. The van der Waals surface area contributed by atoms with E-state index in [0.717, 1.165) is 12.1 Å². The number of hydrogen-bond acceptors (Lipinski definition) is 6. The third-order valence-corrected chi connectivity index (χ3v) is 5.00. The first-order chi connectivity index (χ1) is 14.0. The van der Waals surface area contributed by atoms with E-state index in [-0.39, 0.29) is 32.0 Å². The van der Waals surface area contributed by atoms with Gasteiger partial charge < -0.3 is 24.7 Å². The number of aliphatic hydroxyl groups excluding tert-OH is 1. The minimum atomic E-state index is -0.905. The molecule has 154 valence electrons. The van der Waals surface area contributed by atoms with Gasteiger partial charge in [0.2, 0.25) is 5.88 Å². The zero-order valence-corrected chi connectivity index (χ0v) is 16.9. The van der Waals surface area contributed by atoms with E-state index in [2.05, 4.69) is 0 Å². The van der Waals surface area contributed by atoms with Crippen LogP contribution in [0.25, 0.3) is 0 Å². The number of fused-ring (bicyclic) bond motifs is 1. The summed E-state index contributed by atoms with van der Waals surface area (Å²) in [5.74, 6) is -0.113. The second-order valence-electron chi connectivity index (χ2n) is 6.54. The quantitative estimate of drug-likeness (QED) is 0.490. The van der Waals surface area contributed by atoms with Gasteiger partial charge in [-0.05, 0) is 36.8 Å². The molecule has 2 aliphatic rings. The molecule has 2 heterocycles. The number of para-hydroxylation sites is 2. The first-order valence-electron chi connectivity index (χ1n) is 9.40. The van der Waals surface area contributed by atoms with Crippen molar-refractivity contribution in [1.29, 1.82) is 0 Å². The molecular weight excluding hydrogens is 394 g/mol. The number of aliphatic carboxylic acids is 1. The molecule has 1 fully saturated rings. The van der Waals surface area contributed by atoms with E-state index in [1.54, 1.807) is 28.0 Å². The fourth-order valence-electron chi connectivity index (χ4n) is 3.25. The van der Waals surface area contributed by atoms with Crippen molar-refractivity contribution in [2.24, 2.45) is 0 Å². The Kier molecular flexibility index (Phi) is 6.50. The van der Waals surface area contributed by atoms with E-state index in [1.807, 2.05) is 25.1 Å². The zero-order valence-electron chi connectivity index (χ0n) is 16.1. The van der Waals surface area contributed by atoms with Gasteiger partial charge in [-0.3, -0.25) is 14.5 Å². The lowest BCUT2D eigenvalue weighted by molar-refractivity contribution is -0.136. The number of nitrogens with zero attached hydrogens (tertiary/aromatic N) is 3. The van der Waals surface area contributed by atoms with Gasteiger partial charge in [0.15, 0.2) is 10.9 Å². The van der Waals surface area contributed by atoms with Gasteiger partial charge in [0.25, 0.3) is 5.91 Å². The Balaban J connectivity index is 1.92. The molecule has 8 nitrogen and oxygen atoms in total.